The molecule has 35 heavy (non-hydrogen) atoms. The highest BCUT2D eigenvalue weighted by molar-refractivity contribution is 7.80. The number of hydrogen-bond acceptors (Lipinski definition) is 7. The summed E-state index contributed by atoms with van der Waals surface area (Å²) in [7, 11) is 0. The highest BCUT2D eigenvalue weighted by atomic mass is 32.1. The summed E-state index contributed by atoms with van der Waals surface area (Å²) in [6.45, 7) is 6.14. The first-order chi connectivity index (χ1) is 16.7. The van der Waals surface area contributed by atoms with Crippen molar-refractivity contribution in [3.05, 3.63) is 41.0 Å². The summed E-state index contributed by atoms with van der Waals surface area (Å²) < 4.78 is 0. The van der Waals surface area contributed by atoms with E-state index in [-0.39, 0.29) is 42.7 Å². The number of β-amino-alcohol motifs (C(OH)–C–C–N with tert-alkyl or cyclic N) is 1. The Morgan fingerprint density at radius 1 is 1.23 bits per heavy atom. The van der Waals surface area contributed by atoms with Gasteiger partial charge in [0.1, 0.15) is 6.04 Å². The standard InChI is InChI=1S/C26H35N3O4S2/c1-16(2)4-11-24(32)28-21(14-34)26(33)29-13-20(30)12-22(29)23(31)10-7-18-5-8-19(9-6-18)25-17(3)27-15-35-25/h5-6,8-9,15-16,20-22,30,34H,4,7,10-14H2,1-3H3,(H,28,32)/t20-,21+,22+/m1/s1. The number of aliphatic hydroxyl groups is 1. The fourth-order valence-corrected chi connectivity index (χ4v) is 5.33. The van der Waals surface area contributed by atoms with E-state index < -0.39 is 18.2 Å². The van der Waals surface area contributed by atoms with Gasteiger partial charge < -0.3 is 15.3 Å². The number of aryl methyl sites for hydroxylation is 2. The molecule has 1 aliphatic rings. The number of nitrogens with zero attached hydrogens (tertiary/aromatic N) is 2. The van der Waals surface area contributed by atoms with Gasteiger partial charge in [-0.1, -0.05) is 38.1 Å². The van der Waals surface area contributed by atoms with Gasteiger partial charge in [0.2, 0.25) is 11.8 Å². The number of nitrogens with one attached hydrogen (secondary N) is 1. The molecule has 0 aliphatic carbocycles. The van der Waals surface area contributed by atoms with Crippen molar-refractivity contribution in [1.29, 1.82) is 0 Å². The van der Waals surface area contributed by atoms with Gasteiger partial charge in [-0.25, -0.2) is 4.98 Å². The third kappa shape index (κ3) is 7.38. The van der Waals surface area contributed by atoms with Gasteiger partial charge in [-0.2, -0.15) is 12.6 Å². The topological polar surface area (TPSA) is 99.6 Å². The van der Waals surface area contributed by atoms with Crippen molar-refractivity contribution in [2.45, 2.75) is 71.1 Å². The van der Waals surface area contributed by atoms with E-state index in [2.05, 4.69) is 22.9 Å². The lowest BCUT2D eigenvalue weighted by Crippen LogP contribution is -2.52. The number of likely N-dealkylation sites (tertiary alicyclic amines) is 1. The number of carbonyl (C=O) groups is 3. The van der Waals surface area contributed by atoms with Crippen molar-refractivity contribution >= 4 is 41.6 Å². The summed E-state index contributed by atoms with van der Waals surface area (Å²) in [5.41, 5.74) is 4.96. The quantitative estimate of drug-likeness (QED) is 0.397. The van der Waals surface area contributed by atoms with Crippen LogP contribution in [0.15, 0.2) is 29.8 Å². The molecule has 1 fully saturated rings. The van der Waals surface area contributed by atoms with E-state index in [0.29, 0.717) is 18.8 Å². The molecule has 0 bridgehead atoms. The number of amides is 2. The van der Waals surface area contributed by atoms with Crippen LogP contribution in [0.2, 0.25) is 0 Å². The summed E-state index contributed by atoms with van der Waals surface area (Å²) in [4.78, 5) is 45.3. The second kappa shape index (κ2) is 12.6. The summed E-state index contributed by atoms with van der Waals surface area (Å²) in [6.07, 6.45) is 1.35. The highest BCUT2D eigenvalue weighted by Crippen LogP contribution is 2.28. The maximum absolute atomic E-state index is 13.2. The van der Waals surface area contributed by atoms with Crippen LogP contribution in [-0.2, 0) is 20.8 Å². The number of carbonyl (C=O) groups excluding carboxylic acids is 3. The van der Waals surface area contributed by atoms with E-state index >= 15 is 0 Å². The van der Waals surface area contributed by atoms with Gasteiger partial charge >= 0.3 is 0 Å². The van der Waals surface area contributed by atoms with E-state index in [0.717, 1.165) is 28.1 Å². The third-order valence-corrected chi connectivity index (χ3v) is 7.66. The largest absolute Gasteiger partial charge is 0.391 e. The van der Waals surface area contributed by atoms with Crippen LogP contribution in [0, 0.1) is 12.8 Å². The molecule has 1 aliphatic heterocycles. The Balaban J connectivity index is 1.59. The van der Waals surface area contributed by atoms with E-state index in [1.54, 1.807) is 11.3 Å². The van der Waals surface area contributed by atoms with Crippen LogP contribution >= 0.6 is 24.0 Å². The van der Waals surface area contributed by atoms with Crippen molar-refractivity contribution in [3.63, 3.8) is 0 Å². The molecule has 0 radical (unpaired) electrons. The van der Waals surface area contributed by atoms with Crippen LogP contribution in [0.5, 0.6) is 0 Å². The molecule has 0 spiro atoms. The molecule has 9 heteroatoms. The Kier molecular flexibility index (Phi) is 9.89. The molecule has 3 rings (SSSR count). The number of hydrogen-bond donors (Lipinski definition) is 3. The van der Waals surface area contributed by atoms with Crippen LogP contribution in [0.1, 0.15) is 50.8 Å². The minimum Gasteiger partial charge on any atom is -0.391 e. The second-order valence-corrected chi connectivity index (χ2v) is 10.8. The lowest BCUT2D eigenvalue weighted by Gasteiger charge is -2.28. The molecule has 2 aromatic rings. The number of rotatable bonds is 11. The average Bonchev–Trinajstić information content (AvgIpc) is 3.45. The lowest BCUT2D eigenvalue weighted by atomic mass is 10.00. The summed E-state index contributed by atoms with van der Waals surface area (Å²) in [6, 6.07) is 6.59. The normalized spacial score (nSPS) is 18.6. The predicted octanol–water partition coefficient (Wildman–Crippen LogP) is 3.43. The summed E-state index contributed by atoms with van der Waals surface area (Å²) in [5, 5.41) is 13.0. The molecule has 1 aromatic heterocycles. The number of Topliss-reactive ketones (excluding diaryl/α,β-unsaturated/α-hetero) is 1. The SMILES string of the molecule is Cc1ncsc1-c1ccc(CCC(=O)[C@@H]2C[C@@H](O)CN2C(=O)[C@H](CS)NC(=O)CCC(C)C)cc1. The number of thiazole rings is 1. The third-order valence-electron chi connectivity index (χ3n) is 6.32. The molecule has 0 unspecified atom stereocenters. The van der Waals surface area contributed by atoms with Crippen LogP contribution in [0.25, 0.3) is 10.4 Å². The number of thiol groups is 1. The molecular formula is C26H35N3O4S2. The zero-order valence-corrected chi connectivity index (χ0v) is 22.3. The molecule has 2 N–H and O–H groups in total. The summed E-state index contributed by atoms with van der Waals surface area (Å²) >= 11 is 5.85. The molecule has 7 nitrogen and oxygen atoms in total. The molecule has 2 amide bonds. The maximum Gasteiger partial charge on any atom is 0.246 e. The Labute approximate surface area is 216 Å². The smallest absolute Gasteiger partial charge is 0.246 e. The zero-order chi connectivity index (χ0) is 25.5. The van der Waals surface area contributed by atoms with Crippen molar-refractivity contribution in [2.75, 3.05) is 12.3 Å². The van der Waals surface area contributed by atoms with Crippen LogP contribution in [0.3, 0.4) is 0 Å². The minimum atomic E-state index is -0.818. The Hall–Kier alpha value is -2.23. The van der Waals surface area contributed by atoms with Crippen molar-refractivity contribution in [3.8, 4) is 10.4 Å². The van der Waals surface area contributed by atoms with Gasteiger partial charge in [-0.15, -0.1) is 11.3 Å². The van der Waals surface area contributed by atoms with E-state index in [9.17, 15) is 19.5 Å². The van der Waals surface area contributed by atoms with Gasteiger partial charge in [0.25, 0.3) is 0 Å². The number of ketones is 1. The Bertz CT molecular complexity index is 1020. The van der Waals surface area contributed by atoms with Gasteiger partial charge in [0, 0.05) is 31.6 Å². The fraction of sp³-hybridized carbons (Fsp3) is 0.538. The van der Waals surface area contributed by atoms with Crippen molar-refractivity contribution in [2.24, 2.45) is 5.92 Å². The molecule has 1 aromatic carbocycles. The van der Waals surface area contributed by atoms with Gasteiger partial charge in [-0.3, -0.25) is 14.4 Å². The van der Waals surface area contributed by atoms with E-state index in [1.807, 2.05) is 50.5 Å². The first kappa shape index (κ1) is 27.4. The Morgan fingerprint density at radius 3 is 2.54 bits per heavy atom. The Morgan fingerprint density at radius 2 is 1.94 bits per heavy atom. The second-order valence-electron chi connectivity index (χ2n) is 9.56. The molecule has 190 valence electrons. The highest BCUT2D eigenvalue weighted by Gasteiger charge is 2.40. The number of aliphatic hydroxyl groups excluding tert-OH is 1. The molecule has 1 saturated heterocycles. The van der Waals surface area contributed by atoms with Crippen LogP contribution in [0.4, 0.5) is 0 Å². The van der Waals surface area contributed by atoms with Gasteiger partial charge in [0.05, 0.1) is 28.2 Å². The molecular weight excluding hydrogens is 482 g/mol. The van der Waals surface area contributed by atoms with Crippen LogP contribution in [-0.4, -0.2) is 63.1 Å². The fourth-order valence-electron chi connectivity index (χ4n) is 4.27. The molecule has 2 heterocycles. The van der Waals surface area contributed by atoms with E-state index in [4.69, 9.17) is 0 Å². The first-order valence-corrected chi connectivity index (χ1v) is 13.6. The predicted molar refractivity (Wildman–Crippen MR) is 142 cm³/mol. The zero-order valence-electron chi connectivity index (χ0n) is 20.6. The average molecular weight is 518 g/mol. The maximum atomic E-state index is 13.2. The van der Waals surface area contributed by atoms with Gasteiger partial charge in [0.15, 0.2) is 5.78 Å². The lowest BCUT2D eigenvalue weighted by molar-refractivity contribution is -0.140. The monoisotopic (exact) mass is 517 g/mol. The van der Waals surface area contributed by atoms with Crippen LogP contribution < -0.4 is 5.32 Å². The van der Waals surface area contributed by atoms with Crippen molar-refractivity contribution < 1.29 is 19.5 Å². The minimum absolute atomic E-state index is 0.0821. The summed E-state index contributed by atoms with van der Waals surface area (Å²) in [5.74, 6) is -0.135. The molecule has 0 saturated carbocycles. The van der Waals surface area contributed by atoms with Gasteiger partial charge in [-0.05, 0) is 36.8 Å². The van der Waals surface area contributed by atoms with E-state index in [1.165, 1.54) is 4.90 Å². The number of benzene rings is 1. The molecule has 3 atom stereocenters. The first-order valence-electron chi connectivity index (χ1n) is 12.1. The van der Waals surface area contributed by atoms with Crippen molar-refractivity contribution in [1.82, 2.24) is 15.2 Å². The number of aromatic nitrogens is 1.